The van der Waals surface area contributed by atoms with Gasteiger partial charge < -0.3 is 10.5 Å². The molecule has 0 bridgehead atoms. The van der Waals surface area contributed by atoms with Crippen LogP contribution in [0.5, 0.6) is 11.6 Å². The van der Waals surface area contributed by atoms with Crippen LogP contribution in [0.25, 0.3) is 33.3 Å². The highest BCUT2D eigenvalue weighted by Crippen LogP contribution is 2.40. The van der Waals surface area contributed by atoms with E-state index in [1.165, 1.54) is 12.0 Å². The first-order chi connectivity index (χ1) is 16.7. The first-order valence-corrected chi connectivity index (χ1v) is 11.5. The maximum Gasteiger partial charge on any atom is 0.228 e. The summed E-state index contributed by atoms with van der Waals surface area (Å²) in [5, 5.41) is 0.848. The molecule has 2 N–H and O–H groups in total. The van der Waals surface area contributed by atoms with Gasteiger partial charge in [0.25, 0.3) is 0 Å². The standard InChI is InChI=1S/C29H24N4O/c30-29(14-5-15-29)22-11-9-21(10-12-22)27-24(20-6-2-1-3-7-20)18-25-26(33-27)13-17-32-28(25)34-23-8-4-16-31-19-23/h1-4,6-13,16-19H,5,14-15,30H2. The Kier molecular flexibility index (Phi) is 5.04. The van der Waals surface area contributed by atoms with Crippen LogP contribution < -0.4 is 10.5 Å². The molecule has 0 amide bonds. The van der Waals surface area contributed by atoms with Gasteiger partial charge in [0.2, 0.25) is 5.88 Å². The Morgan fingerprint density at radius 1 is 0.824 bits per heavy atom. The largest absolute Gasteiger partial charge is 0.437 e. The molecule has 0 unspecified atom stereocenters. The molecule has 0 atom stereocenters. The molecule has 34 heavy (non-hydrogen) atoms. The summed E-state index contributed by atoms with van der Waals surface area (Å²) in [6.45, 7) is 0. The number of rotatable bonds is 5. The normalized spacial score (nSPS) is 14.5. The molecule has 5 nitrogen and oxygen atoms in total. The lowest BCUT2D eigenvalue weighted by molar-refractivity contribution is 0.253. The average Bonchev–Trinajstić information content (AvgIpc) is 2.88. The third-order valence-corrected chi connectivity index (χ3v) is 6.62. The molecule has 1 saturated carbocycles. The van der Waals surface area contributed by atoms with Crippen LogP contribution in [-0.2, 0) is 5.54 Å². The fraction of sp³-hybridized carbons (Fsp3) is 0.138. The summed E-state index contributed by atoms with van der Waals surface area (Å²) in [5.41, 5.74) is 12.5. The second-order valence-corrected chi connectivity index (χ2v) is 8.81. The van der Waals surface area contributed by atoms with Gasteiger partial charge in [-0.3, -0.25) is 4.98 Å². The van der Waals surface area contributed by atoms with Crippen molar-refractivity contribution in [1.29, 1.82) is 0 Å². The minimum Gasteiger partial charge on any atom is -0.437 e. The third-order valence-electron chi connectivity index (χ3n) is 6.62. The molecule has 1 aliphatic rings. The number of ether oxygens (including phenoxy) is 1. The Hall–Kier alpha value is -4.09. The Bertz CT molecular complexity index is 1450. The maximum atomic E-state index is 6.55. The second-order valence-electron chi connectivity index (χ2n) is 8.81. The first kappa shape index (κ1) is 20.5. The molecule has 6 rings (SSSR count). The highest BCUT2D eigenvalue weighted by atomic mass is 16.5. The molecule has 5 aromatic rings. The number of benzene rings is 2. The second kappa shape index (κ2) is 8.36. The Balaban J connectivity index is 1.50. The highest BCUT2D eigenvalue weighted by molar-refractivity contribution is 5.94. The van der Waals surface area contributed by atoms with E-state index in [-0.39, 0.29) is 5.54 Å². The predicted molar refractivity (Wildman–Crippen MR) is 134 cm³/mol. The van der Waals surface area contributed by atoms with Crippen LogP contribution in [0, 0.1) is 0 Å². The Morgan fingerprint density at radius 2 is 1.65 bits per heavy atom. The molecule has 1 aliphatic carbocycles. The SMILES string of the molecule is NC1(c2ccc(-c3nc4ccnc(Oc5cccnc5)c4cc3-c3ccccc3)cc2)CCC1. The number of nitrogens with two attached hydrogens (primary N) is 1. The fourth-order valence-electron chi connectivity index (χ4n) is 4.54. The van der Waals surface area contributed by atoms with Crippen molar-refractivity contribution >= 4 is 10.9 Å². The zero-order valence-electron chi connectivity index (χ0n) is 18.7. The van der Waals surface area contributed by atoms with E-state index in [1.807, 2.05) is 36.4 Å². The van der Waals surface area contributed by atoms with Gasteiger partial charge in [0.15, 0.2) is 0 Å². The smallest absolute Gasteiger partial charge is 0.228 e. The van der Waals surface area contributed by atoms with Gasteiger partial charge in [-0.25, -0.2) is 9.97 Å². The zero-order chi connectivity index (χ0) is 23.0. The van der Waals surface area contributed by atoms with Crippen molar-refractivity contribution in [3.63, 3.8) is 0 Å². The molecule has 0 spiro atoms. The number of nitrogens with zero attached hydrogens (tertiary/aromatic N) is 3. The zero-order valence-corrected chi connectivity index (χ0v) is 18.7. The van der Waals surface area contributed by atoms with Crippen molar-refractivity contribution in [2.75, 3.05) is 0 Å². The Morgan fingerprint density at radius 3 is 2.35 bits per heavy atom. The number of aromatic nitrogens is 3. The van der Waals surface area contributed by atoms with E-state index in [1.54, 1.807) is 18.6 Å². The van der Waals surface area contributed by atoms with Gasteiger partial charge in [0.05, 0.1) is 22.8 Å². The molecule has 0 radical (unpaired) electrons. The quantitative estimate of drug-likeness (QED) is 0.335. The van der Waals surface area contributed by atoms with Gasteiger partial charge in [-0.1, -0.05) is 54.6 Å². The molecule has 0 aliphatic heterocycles. The topological polar surface area (TPSA) is 73.9 Å². The lowest BCUT2D eigenvalue weighted by Gasteiger charge is -2.38. The summed E-state index contributed by atoms with van der Waals surface area (Å²) in [4.78, 5) is 13.7. The molecule has 3 aromatic heterocycles. The summed E-state index contributed by atoms with van der Waals surface area (Å²) in [5.74, 6) is 1.14. The average molecular weight is 445 g/mol. The van der Waals surface area contributed by atoms with Gasteiger partial charge in [-0.05, 0) is 54.7 Å². The number of hydrogen-bond donors (Lipinski definition) is 1. The molecular formula is C29H24N4O. The highest BCUT2D eigenvalue weighted by Gasteiger charge is 2.34. The lowest BCUT2D eigenvalue weighted by atomic mass is 9.72. The summed E-state index contributed by atoms with van der Waals surface area (Å²) in [7, 11) is 0. The van der Waals surface area contributed by atoms with Crippen LogP contribution in [-0.4, -0.2) is 15.0 Å². The van der Waals surface area contributed by atoms with Gasteiger partial charge in [-0.15, -0.1) is 0 Å². The van der Waals surface area contributed by atoms with E-state index in [4.69, 9.17) is 15.5 Å². The maximum absolute atomic E-state index is 6.55. The van der Waals surface area contributed by atoms with Crippen LogP contribution in [0.4, 0.5) is 0 Å². The molecule has 5 heteroatoms. The number of pyridine rings is 3. The lowest BCUT2D eigenvalue weighted by Crippen LogP contribution is -2.43. The van der Waals surface area contributed by atoms with Gasteiger partial charge in [0.1, 0.15) is 5.75 Å². The van der Waals surface area contributed by atoms with E-state index >= 15 is 0 Å². The van der Waals surface area contributed by atoms with Crippen molar-refractivity contribution in [2.45, 2.75) is 24.8 Å². The summed E-state index contributed by atoms with van der Waals surface area (Å²) in [6.07, 6.45) is 8.40. The third kappa shape index (κ3) is 3.70. The molecular weight excluding hydrogens is 420 g/mol. The summed E-state index contributed by atoms with van der Waals surface area (Å²) >= 11 is 0. The van der Waals surface area contributed by atoms with Crippen molar-refractivity contribution in [3.05, 3.63) is 103 Å². The van der Waals surface area contributed by atoms with Gasteiger partial charge in [-0.2, -0.15) is 0 Å². The van der Waals surface area contributed by atoms with E-state index in [9.17, 15) is 0 Å². The Labute approximate surface area is 198 Å². The van der Waals surface area contributed by atoms with Crippen molar-refractivity contribution in [1.82, 2.24) is 15.0 Å². The molecule has 2 aromatic carbocycles. The van der Waals surface area contributed by atoms with Crippen LogP contribution in [0.2, 0.25) is 0 Å². The number of fused-ring (bicyclic) bond motifs is 1. The van der Waals surface area contributed by atoms with Crippen LogP contribution >= 0.6 is 0 Å². The first-order valence-electron chi connectivity index (χ1n) is 11.5. The van der Waals surface area contributed by atoms with Crippen LogP contribution in [0.3, 0.4) is 0 Å². The van der Waals surface area contributed by atoms with Crippen LogP contribution in [0.15, 0.2) is 97.5 Å². The van der Waals surface area contributed by atoms with Gasteiger partial charge in [0, 0.05) is 29.1 Å². The molecule has 166 valence electrons. The summed E-state index contributed by atoms with van der Waals surface area (Å²) < 4.78 is 6.07. The van der Waals surface area contributed by atoms with E-state index in [2.05, 4.69) is 52.4 Å². The molecule has 1 fully saturated rings. The fourth-order valence-corrected chi connectivity index (χ4v) is 4.54. The van der Waals surface area contributed by atoms with Crippen molar-refractivity contribution in [3.8, 4) is 34.0 Å². The minimum atomic E-state index is -0.179. The molecule has 0 saturated heterocycles. The van der Waals surface area contributed by atoms with Crippen molar-refractivity contribution in [2.24, 2.45) is 5.73 Å². The number of hydrogen-bond acceptors (Lipinski definition) is 5. The predicted octanol–water partition coefficient (Wildman–Crippen LogP) is 6.49. The van der Waals surface area contributed by atoms with Crippen molar-refractivity contribution < 1.29 is 4.74 Å². The molecule has 3 heterocycles. The van der Waals surface area contributed by atoms with E-state index in [0.717, 1.165) is 46.1 Å². The van der Waals surface area contributed by atoms with E-state index < -0.39 is 0 Å². The van der Waals surface area contributed by atoms with Gasteiger partial charge >= 0.3 is 0 Å². The van der Waals surface area contributed by atoms with E-state index in [0.29, 0.717) is 11.6 Å². The minimum absolute atomic E-state index is 0.179. The monoisotopic (exact) mass is 444 g/mol. The van der Waals surface area contributed by atoms with Crippen LogP contribution in [0.1, 0.15) is 24.8 Å². The summed E-state index contributed by atoms with van der Waals surface area (Å²) in [6, 6.07) is 26.6.